The Labute approximate surface area is 122 Å². The minimum absolute atomic E-state index is 0.791. The van der Waals surface area contributed by atoms with Crippen molar-refractivity contribution >= 4 is 5.84 Å². The third-order valence-electron chi connectivity index (χ3n) is 3.90. The summed E-state index contributed by atoms with van der Waals surface area (Å²) in [6.45, 7) is 6.64. The number of hydrogen-bond donors (Lipinski definition) is 1. The van der Waals surface area contributed by atoms with Crippen molar-refractivity contribution < 1.29 is 5.11 Å². The molecule has 0 aliphatic carbocycles. The monoisotopic (exact) mass is 274 g/mol. The first-order valence-electron chi connectivity index (χ1n) is 7.69. The maximum absolute atomic E-state index is 10.7. The van der Waals surface area contributed by atoms with Gasteiger partial charge in [-0.15, -0.1) is 0 Å². The molecule has 0 radical (unpaired) electrons. The van der Waals surface area contributed by atoms with E-state index in [-0.39, 0.29) is 0 Å². The van der Waals surface area contributed by atoms with Gasteiger partial charge in [-0.25, -0.2) is 0 Å². The number of nitrogens with zero attached hydrogens (tertiary/aromatic N) is 2. The first kappa shape index (κ1) is 15.0. The molecule has 1 aliphatic heterocycles. The predicted molar refractivity (Wildman–Crippen MR) is 83.9 cm³/mol. The van der Waals surface area contributed by atoms with Crippen LogP contribution in [0.1, 0.15) is 45.1 Å². The molecule has 0 spiro atoms. The molecule has 0 saturated carbocycles. The molecule has 1 atom stereocenters. The molecule has 3 nitrogen and oxygen atoms in total. The van der Waals surface area contributed by atoms with Crippen LogP contribution in [0.3, 0.4) is 0 Å². The Balaban J connectivity index is 1.99. The Morgan fingerprint density at radius 2 is 2.00 bits per heavy atom. The molecule has 1 aromatic carbocycles. The Morgan fingerprint density at radius 3 is 2.70 bits per heavy atom. The maximum atomic E-state index is 10.7. The summed E-state index contributed by atoms with van der Waals surface area (Å²) >= 11 is 0. The van der Waals surface area contributed by atoms with E-state index in [2.05, 4.69) is 41.1 Å². The lowest BCUT2D eigenvalue weighted by Gasteiger charge is -2.31. The van der Waals surface area contributed by atoms with Crippen LogP contribution in [-0.4, -0.2) is 34.5 Å². The highest BCUT2D eigenvalue weighted by atomic mass is 16.3. The third kappa shape index (κ3) is 3.83. The van der Waals surface area contributed by atoms with E-state index in [0.29, 0.717) is 0 Å². The zero-order valence-corrected chi connectivity index (χ0v) is 12.7. The van der Waals surface area contributed by atoms with Gasteiger partial charge in [0.25, 0.3) is 0 Å². The summed E-state index contributed by atoms with van der Waals surface area (Å²) in [5.74, 6) is 0.873. The van der Waals surface area contributed by atoms with Gasteiger partial charge in [0.05, 0.1) is 6.54 Å². The average Bonchev–Trinajstić information content (AvgIpc) is 2.89. The van der Waals surface area contributed by atoms with Gasteiger partial charge in [0, 0.05) is 13.1 Å². The lowest BCUT2D eigenvalue weighted by Crippen LogP contribution is -2.44. The van der Waals surface area contributed by atoms with Gasteiger partial charge in [-0.1, -0.05) is 56.5 Å². The van der Waals surface area contributed by atoms with Gasteiger partial charge in [0.2, 0.25) is 0 Å². The van der Waals surface area contributed by atoms with Crippen LogP contribution in [0.2, 0.25) is 0 Å². The van der Waals surface area contributed by atoms with Gasteiger partial charge in [0.15, 0.2) is 0 Å². The SMILES string of the molecule is CCCCCC(C)(O)C1=NCCN1Cc1ccccc1. The smallest absolute Gasteiger partial charge is 0.131 e. The van der Waals surface area contributed by atoms with Crippen LogP contribution in [-0.2, 0) is 6.54 Å². The number of benzene rings is 1. The van der Waals surface area contributed by atoms with Gasteiger partial charge < -0.3 is 10.0 Å². The molecule has 0 aromatic heterocycles. The predicted octanol–water partition coefficient (Wildman–Crippen LogP) is 3.23. The molecule has 0 amide bonds. The molecule has 1 N–H and O–H groups in total. The van der Waals surface area contributed by atoms with E-state index >= 15 is 0 Å². The van der Waals surface area contributed by atoms with Gasteiger partial charge in [-0.05, 0) is 18.9 Å². The molecule has 1 heterocycles. The van der Waals surface area contributed by atoms with Crippen molar-refractivity contribution in [1.82, 2.24) is 4.90 Å². The summed E-state index contributed by atoms with van der Waals surface area (Å²) in [7, 11) is 0. The largest absolute Gasteiger partial charge is 0.382 e. The molecule has 0 saturated heterocycles. The van der Waals surface area contributed by atoms with Crippen LogP contribution in [0.5, 0.6) is 0 Å². The fourth-order valence-electron chi connectivity index (χ4n) is 2.78. The second-order valence-electron chi connectivity index (χ2n) is 5.84. The summed E-state index contributed by atoms with van der Waals surface area (Å²) in [5, 5.41) is 10.7. The fourth-order valence-corrected chi connectivity index (χ4v) is 2.78. The van der Waals surface area contributed by atoms with Crippen molar-refractivity contribution in [3.63, 3.8) is 0 Å². The normalized spacial score (nSPS) is 17.9. The maximum Gasteiger partial charge on any atom is 0.131 e. The lowest BCUT2D eigenvalue weighted by molar-refractivity contribution is 0.105. The Bertz CT molecular complexity index is 440. The quantitative estimate of drug-likeness (QED) is 0.775. The molecule has 20 heavy (non-hydrogen) atoms. The van der Waals surface area contributed by atoms with Crippen molar-refractivity contribution in [3.8, 4) is 0 Å². The van der Waals surface area contributed by atoms with E-state index in [1.54, 1.807) is 0 Å². The number of rotatable bonds is 7. The van der Waals surface area contributed by atoms with Gasteiger partial charge in [-0.2, -0.15) is 0 Å². The molecule has 1 aromatic rings. The molecule has 2 rings (SSSR count). The molecule has 3 heteroatoms. The highest BCUT2D eigenvalue weighted by Crippen LogP contribution is 2.23. The van der Waals surface area contributed by atoms with Gasteiger partial charge >= 0.3 is 0 Å². The topological polar surface area (TPSA) is 35.8 Å². The van der Waals surface area contributed by atoms with Crippen LogP contribution < -0.4 is 0 Å². The Kier molecular flexibility index (Phi) is 5.18. The first-order chi connectivity index (χ1) is 9.63. The number of unbranched alkanes of at least 4 members (excludes halogenated alkanes) is 2. The van der Waals surface area contributed by atoms with Crippen LogP contribution in [0, 0.1) is 0 Å². The van der Waals surface area contributed by atoms with Crippen LogP contribution in [0.4, 0.5) is 0 Å². The minimum atomic E-state index is -0.791. The van der Waals surface area contributed by atoms with Crippen molar-refractivity contribution in [2.75, 3.05) is 13.1 Å². The number of aliphatic imine (C=N–C) groups is 1. The summed E-state index contributed by atoms with van der Waals surface area (Å²) in [6.07, 6.45) is 4.20. The summed E-state index contributed by atoms with van der Waals surface area (Å²) in [5.41, 5.74) is 0.479. The molecular weight excluding hydrogens is 248 g/mol. The van der Waals surface area contributed by atoms with Crippen LogP contribution in [0.15, 0.2) is 35.3 Å². The van der Waals surface area contributed by atoms with Crippen LogP contribution >= 0.6 is 0 Å². The number of amidine groups is 1. The molecule has 0 bridgehead atoms. The third-order valence-corrected chi connectivity index (χ3v) is 3.90. The molecule has 110 valence electrons. The van der Waals surface area contributed by atoms with Gasteiger partial charge in [0.1, 0.15) is 11.4 Å². The Hall–Kier alpha value is -1.35. The van der Waals surface area contributed by atoms with E-state index in [1.807, 2.05) is 13.0 Å². The van der Waals surface area contributed by atoms with Crippen molar-refractivity contribution in [3.05, 3.63) is 35.9 Å². The molecular formula is C17H26N2O. The lowest BCUT2D eigenvalue weighted by atomic mass is 9.96. The van der Waals surface area contributed by atoms with Crippen molar-refractivity contribution in [2.24, 2.45) is 4.99 Å². The number of aliphatic hydroxyl groups is 1. The Morgan fingerprint density at radius 1 is 1.25 bits per heavy atom. The standard InChI is InChI=1S/C17H26N2O/c1-3-4-8-11-17(2,20)16-18-12-13-19(16)14-15-9-6-5-7-10-15/h5-7,9-10,20H,3-4,8,11-14H2,1-2H3. The molecule has 0 fully saturated rings. The van der Waals surface area contributed by atoms with E-state index < -0.39 is 5.60 Å². The van der Waals surface area contributed by atoms with E-state index in [0.717, 1.165) is 38.3 Å². The zero-order valence-electron chi connectivity index (χ0n) is 12.7. The van der Waals surface area contributed by atoms with Crippen molar-refractivity contribution in [1.29, 1.82) is 0 Å². The summed E-state index contributed by atoms with van der Waals surface area (Å²) in [6, 6.07) is 10.4. The molecule has 1 aliphatic rings. The summed E-state index contributed by atoms with van der Waals surface area (Å²) in [4.78, 5) is 6.78. The highest BCUT2D eigenvalue weighted by Gasteiger charge is 2.33. The molecule has 1 unspecified atom stereocenters. The minimum Gasteiger partial charge on any atom is -0.382 e. The van der Waals surface area contributed by atoms with E-state index in [4.69, 9.17) is 0 Å². The second-order valence-corrected chi connectivity index (χ2v) is 5.84. The van der Waals surface area contributed by atoms with Crippen LogP contribution in [0.25, 0.3) is 0 Å². The number of hydrogen-bond acceptors (Lipinski definition) is 3. The zero-order chi connectivity index (χ0) is 14.4. The van der Waals surface area contributed by atoms with Gasteiger partial charge in [-0.3, -0.25) is 4.99 Å². The van der Waals surface area contributed by atoms with E-state index in [1.165, 1.54) is 18.4 Å². The summed E-state index contributed by atoms with van der Waals surface area (Å²) < 4.78 is 0. The van der Waals surface area contributed by atoms with Crippen molar-refractivity contribution in [2.45, 2.75) is 51.7 Å². The fraction of sp³-hybridized carbons (Fsp3) is 0.588. The highest BCUT2D eigenvalue weighted by molar-refractivity contribution is 5.91. The average molecular weight is 274 g/mol. The first-order valence-corrected chi connectivity index (χ1v) is 7.69. The second kappa shape index (κ2) is 6.89. The van der Waals surface area contributed by atoms with E-state index in [9.17, 15) is 5.11 Å².